The first-order chi connectivity index (χ1) is 31.3. The first kappa shape index (κ1) is 52.9. The number of rotatable bonds is 13. The maximum atomic E-state index is 14.4. The minimum Gasteiger partial charge on any atom is -0.481 e. The third kappa shape index (κ3) is 8.73. The molecule has 3 aliphatic heterocycles. The summed E-state index contributed by atoms with van der Waals surface area (Å²) in [5, 5.41) is 128. The van der Waals surface area contributed by atoms with Crippen LogP contribution in [0.2, 0.25) is 0 Å². The average Bonchev–Trinajstić information content (AvgIpc) is 3.65. The molecule has 3 heterocycles. The molecule has 0 aromatic heterocycles. The lowest BCUT2D eigenvalue weighted by Crippen LogP contribution is -2.67. The van der Waals surface area contributed by atoms with Crippen LogP contribution in [-0.2, 0) is 38.0 Å². The summed E-state index contributed by atoms with van der Waals surface area (Å²) in [6.45, 7) is 10.3. The minimum absolute atomic E-state index is 0.00294. The summed E-state index contributed by atoms with van der Waals surface area (Å²) in [7, 11) is 0. The van der Waals surface area contributed by atoms with Gasteiger partial charge in [-0.2, -0.15) is 0 Å². The second-order valence-electron chi connectivity index (χ2n) is 22.0. The van der Waals surface area contributed by atoms with Crippen molar-refractivity contribution in [3.63, 3.8) is 0 Å². The normalized spacial score (nSPS) is 50.8. The van der Waals surface area contributed by atoms with Crippen LogP contribution in [-0.4, -0.2) is 191 Å². The molecule has 0 bridgehead atoms. The zero-order valence-corrected chi connectivity index (χ0v) is 39.4. The van der Waals surface area contributed by atoms with E-state index in [-0.39, 0.29) is 30.1 Å². The number of carbonyl (C=O) groups is 2. The van der Waals surface area contributed by atoms with E-state index in [0.717, 1.165) is 5.57 Å². The number of aliphatic hydroxyl groups is 11. The summed E-state index contributed by atoms with van der Waals surface area (Å²) in [6.07, 6.45) is -17.1. The molecule has 384 valence electrons. The summed E-state index contributed by atoms with van der Waals surface area (Å²) in [5.41, 5.74) is -3.87. The molecule has 24 atom stereocenters. The molecule has 7 aliphatic rings. The standard InChI is InChI=1S/C47H76O20/c1-21(2)8-7-14-47(61,42(60)67-40-35(56)33(54)31(52)26(19-49)64-40)23-11-16-44(4)22(23)9-10-27-43(3)15-13-29(46(6,41(58)59)28(43)12-17-45(27,44)5)65-38-36(57)37(24(50)20-62-38)66-39-34(55)32(53)30(51)25(18-48)63-39/h8,22-40,48-57,61H,7,9-20H2,1-6H3,(H,58,59). The fourth-order valence-corrected chi connectivity index (χ4v) is 14.4. The van der Waals surface area contributed by atoms with Crippen molar-refractivity contribution in [2.75, 3.05) is 19.8 Å². The van der Waals surface area contributed by atoms with Crippen LogP contribution < -0.4 is 0 Å². The number of hydrogen-bond acceptors (Lipinski definition) is 19. The van der Waals surface area contributed by atoms with Crippen LogP contribution >= 0.6 is 0 Å². The van der Waals surface area contributed by atoms with Crippen molar-refractivity contribution in [1.82, 2.24) is 0 Å². The average molecular weight is 961 g/mol. The van der Waals surface area contributed by atoms with Gasteiger partial charge in [0.25, 0.3) is 0 Å². The quantitative estimate of drug-likeness (QED) is 0.0611. The number of carboxylic acid groups (broad SMARTS) is 1. The van der Waals surface area contributed by atoms with E-state index < -0.39 is 158 Å². The van der Waals surface area contributed by atoms with Gasteiger partial charge in [-0.25, -0.2) is 4.79 Å². The Hall–Kier alpha value is -1.96. The fourth-order valence-electron chi connectivity index (χ4n) is 14.4. The Morgan fingerprint density at radius 1 is 0.687 bits per heavy atom. The number of aliphatic carboxylic acids is 1. The Balaban J connectivity index is 1.10. The van der Waals surface area contributed by atoms with Crippen molar-refractivity contribution in [2.24, 2.45) is 45.3 Å². The highest BCUT2D eigenvalue weighted by atomic mass is 16.7. The SMILES string of the molecule is CC(C)=CCCC(O)(C(=O)OC1OC(CO)C(O)C(O)C1O)C1CCC2(C)C1CCC1C3(C)CCC(OC4OCC(O)C(OC5OC(CO)C(O)C(O)C5O)C4O)C(C)(C(=O)O)C3CCC12C. The predicted molar refractivity (Wildman–Crippen MR) is 230 cm³/mol. The van der Waals surface area contributed by atoms with Gasteiger partial charge in [0, 0.05) is 5.92 Å². The van der Waals surface area contributed by atoms with Crippen molar-refractivity contribution < 1.29 is 99.3 Å². The summed E-state index contributed by atoms with van der Waals surface area (Å²) in [4.78, 5) is 28.1. The smallest absolute Gasteiger partial charge is 0.340 e. The van der Waals surface area contributed by atoms with Crippen molar-refractivity contribution >= 4 is 11.9 Å². The molecule has 0 spiro atoms. The van der Waals surface area contributed by atoms with Gasteiger partial charge < -0.3 is 89.7 Å². The topological polar surface area (TPSA) is 332 Å². The molecular weight excluding hydrogens is 884 g/mol. The minimum atomic E-state index is -2.05. The number of aliphatic hydroxyl groups excluding tert-OH is 10. The lowest BCUT2D eigenvalue weighted by molar-refractivity contribution is -0.357. The van der Waals surface area contributed by atoms with Crippen LogP contribution in [0.3, 0.4) is 0 Å². The largest absolute Gasteiger partial charge is 0.481 e. The van der Waals surface area contributed by atoms with Crippen molar-refractivity contribution in [3.05, 3.63) is 11.6 Å². The van der Waals surface area contributed by atoms with Gasteiger partial charge in [-0.15, -0.1) is 0 Å². The summed E-state index contributed by atoms with van der Waals surface area (Å²) in [6, 6.07) is 0. The van der Waals surface area contributed by atoms with Crippen molar-refractivity contribution in [3.8, 4) is 0 Å². The molecule has 4 aliphatic carbocycles. The van der Waals surface area contributed by atoms with E-state index in [2.05, 4.69) is 20.8 Å². The van der Waals surface area contributed by atoms with E-state index in [9.17, 15) is 70.9 Å². The Morgan fingerprint density at radius 3 is 1.88 bits per heavy atom. The van der Waals surface area contributed by atoms with E-state index >= 15 is 0 Å². The molecule has 12 N–H and O–H groups in total. The molecule has 0 aromatic carbocycles. The summed E-state index contributed by atoms with van der Waals surface area (Å²) < 4.78 is 34.6. The van der Waals surface area contributed by atoms with E-state index in [1.807, 2.05) is 19.9 Å². The zero-order valence-electron chi connectivity index (χ0n) is 39.4. The van der Waals surface area contributed by atoms with E-state index in [0.29, 0.717) is 51.4 Å². The molecule has 7 fully saturated rings. The predicted octanol–water partition coefficient (Wildman–Crippen LogP) is -0.795. The van der Waals surface area contributed by atoms with Crippen molar-refractivity contribution in [1.29, 1.82) is 0 Å². The number of esters is 1. The molecule has 67 heavy (non-hydrogen) atoms. The van der Waals surface area contributed by atoms with E-state index in [1.165, 1.54) is 0 Å². The molecule has 0 radical (unpaired) electrons. The number of carboxylic acids is 1. The van der Waals surface area contributed by atoms with Gasteiger partial charge in [-0.05, 0) is 119 Å². The molecular formula is C47H76O20. The number of ether oxygens (including phenoxy) is 6. The molecule has 0 aromatic rings. The van der Waals surface area contributed by atoms with Crippen LogP contribution in [0.5, 0.6) is 0 Å². The third-order valence-electron chi connectivity index (χ3n) is 18.4. The Bertz CT molecular complexity index is 1800. The molecule has 20 heteroatoms. The van der Waals surface area contributed by atoms with Gasteiger partial charge in [0.1, 0.15) is 67.1 Å². The second kappa shape index (κ2) is 19.6. The zero-order chi connectivity index (χ0) is 49.3. The second-order valence-corrected chi connectivity index (χ2v) is 22.0. The van der Waals surface area contributed by atoms with Crippen LogP contribution in [0.1, 0.15) is 106 Å². The van der Waals surface area contributed by atoms with Gasteiger partial charge >= 0.3 is 11.9 Å². The van der Waals surface area contributed by atoms with E-state index in [4.69, 9.17) is 28.4 Å². The number of carbonyl (C=O) groups excluding carboxylic acids is 1. The Labute approximate surface area is 390 Å². The molecule has 24 unspecified atom stereocenters. The van der Waals surface area contributed by atoms with Gasteiger partial charge in [-0.1, -0.05) is 32.4 Å². The Kier molecular flexibility index (Phi) is 15.4. The highest BCUT2D eigenvalue weighted by Gasteiger charge is 2.72. The van der Waals surface area contributed by atoms with Crippen LogP contribution in [0.25, 0.3) is 0 Å². The maximum absolute atomic E-state index is 14.4. The monoisotopic (exact) mass is 960 g/mol. The lowest BCUT2D eigenvalue weighted by atomic mass is 9.35. The van der Waals surface area contributed by atoms with Gasteiger partial charge in [0.2, 0.25) is 6.29 Å². The number of allylic oxidation sites excluding steroid dienone is 2. The third-order valence-corrected chi connectivity index (χ3v) is 18.4. The van der Waals surface area contributed by atoms with Crippen LogP contribution in [0, 0.1) is 45.3 Å². The van der Waals surface area contributed by atoms with Gasteiger partial charge in [-0.3, -0.25) is 4.79 Å². The van der Waals surface area contributed by atoms with E-state index in [1.54, 1.807) is 6.92 Å². The van der Waals surface area contributed by atoms with Gasteiger partial charge in [0.05, 0.1) is 31.3 Å². The molecule has 7 rings (SSSR count). The molecule has 4 saturated carbocycles. The molecule has 20 nitrogen and oxygen atoms in total. The number of fused-ring (bicyclic) bond motifs is 5. The highest BCUT2D eigenvalue weighted by molar-refractivity contribution is 5.80. The molecule has 0 amide bonds. The highest BCUT2D eigenvalue weighted by Crippen LogP contribution is 2.76. The maximum Gasteiger partial charge on any atom is 0.340 e. The van der Waals surface area contributed by atoms with Crippen LogP contribution in [0.15, 0.2) is 11.6 Å². The first-order valence-corrected chi connectivity index (χ1v) is 24.1. The lowest BCUT2D eigenvalue weighted by Gasteiger charge is -2.69. The van der Waals surface area contributed by atoms with Crippen molar-refractivity contribution in [2.45, 2.75) is 203 Å². The molecule has 3 saturated heterocycles. The first-order valence-electron chi connectivity index (χ1n) is 24.1. The van der Waals surface area contributed by atoms with Crippen LogP contribution in [0.4, 0.5) is 0 Å². The fraction of sp³-hybridized carbons (Fsp3) is 0.915. The van der Waals surface area contributed by atoms with Gasteiger partial charge in [0.15, 0.2) is 18.2 Å². The summed E-state index contributed by atoms with van der Waals surface area (Å²) in [5.74, 6) is -3.25. The summed E-state index contributed by atoms with van der Waals surface area (Å²) >= 11 is 0. The number of hydrogen-bond donors (Lipinski definition) is 12. The Morgan fingerprint density at radius 2 is 1.28 bits per heavy atom.